The highest BCUT2D eigenvalue weighted by molar-refractivity contribution is 6.36. The van der Waals surface area contributed by atoms with Gasteiger partial charge in [0.2, 0.25) is 5.91 Å². The number of amides is 1. The molecule has 3 N–H and O–H groups in total. The van der Waals surface area contributed by atoms with Crippen LogP contribution >= 0.6 is 23.2 Å². The Hall–Kier alpha value is -2.15. The molecule has 0 unspecified atom stereocenters. The number of esters is 1. The van der Waals surface area contributed by atoms with Gasteiger partial charge in [-0.1, -0.05) is 41.4 Å². The topological polar surface area (TPSA) is 91.3 Å². The first-order chi connectivity index (χ1) is 12.3. The van der Waals surface area contributed by atoms with Crippen LogP contribution in [0.15, 0.2) is 42.5 Å². The average molecular weight is 397 g/mol. The molecule has 0 radical (unpaired) electrons. The van der Waals surface area contributed by atoms with Crippen molar-refractivity contribution < 1.29 is 18.7 Å². The second-order valence-electron chi connectivity index (χ2n) is 5.96. The third-order valence-corrected chi connectivity index (χ3v) is 5.17. The summed E-state index contributed by atoms with van der Waals surface area (Å²) in [5.74, 6) is -3.03. The van der Waals surface area contributed by atoms with Gasteiger partial charge in [-0.2, -0.15) is 0 Å². The zero-order valence-corrected chi connectivity index (χ0v) is 15.1. The van der Waals surface area contributed by atoms with Crippen molar-refractivity contribution in [1.29, 1.82) is 0 Å². The molecule has 1 amide bonds. The maximum atomic E-state index is 13.3. The van der Waals surface area contributed by atoms with Gasteiger partial charge in [-0.15, -0.1) is 0 Å². The van der Waals surface area contributed by atoms with Gasteiger partial charge in [-0.25, -0.2) is 9.18 Å². The summed E-state index contributed by atoms with van der Waals surface area (Å²) in [4.78, 5) is 24.9. The van der Waals surface area contributed by atoms with Crippen LogP contribution in [0.2, 0.25) is 10.0 Å². The minimum absolute atomic E-state index is 0.336. The highest BCUT2D eigenvalue weighted by Gasteiger charge is 2.68. The minimum Gasteiger partial charge on any atom is -0.468 e. The number of rotatable bonds is 5. The molecule has 2 aromatic carbocycles. The summed E-state index contributed by atoms with van der Waals surface area (Å²) in [6.45, 7) is 0. The lowest BCUT2D eigenvalue weighted by atomic mass is 9.80. The van der Waals surface area contributed by atoms with Crippen molar-refractivity contribution in [2.75, 3.05) is 7.11 Å². The van der Waals surface area contributed by atoms with Gasteiger partial charge in [0.05, 0.1) is 19.1 Å². The fraction of sp³-hybridized carbons (Fsp3) is 0.222. The van der Waals surface area contributed by atoms with Crippen LogP contribution in [-0.4, -0.2) is 24.5 Å². The van der Waals surface area contributed by atoms with Gasteiger partial charge >= 0.3 is 5.97 Å². The summed E-state index contributed by atoms with van der Waals surface area (Å²) in [5, 5.41) is 3.66. The molecular weight excluding hydrogens is 382 g/mol. The molecule has 3 rings (SSSR count). The third-order valence-electron chi connectivity index (χ3n) is 4.51. The fourth-order valence-corrected chi connectivity index (χ4v) is 3.92. The summed E-state index contributed by atoms with van der Waals surface area (Å²) in [7, 11) is 1.21. The monoisotopic (exact) mass is 396 g/mol. The molecule has 0 spiro atoms. The maximum absolute atomic E-state index is 13.3. The predicted molar refractivity (Wildman–Crippen MR) is 95.4 cm³/mol. The smallest absolute Gasteiger partial charge is 0.329 e. The molecule has 2 aromatic rings. The maximum Gasteiger partial charge on any atom is 0.329 e. The van der Waals surface area contributed by atoms with Crippen LogP contribution in [0.25, 0.3) is 0 Å². The predicted octanol–water partition coefficient (Wildman–Crippen LogP) is 2.96. The summed E-state index contributed by atoms with van der Waals surface area (Å²) in [6.07, 6.45) is 0. The van der Waals surface area contributed by atoms with Crippen LogP contribution in [0.4, 0.5) is 4.39 Å². The number of benzene rings is 2. The SMILES string of the molecule is COC(=O)[C@]1([C@H](C(N)=O)c2ccc(F)cc2)N[C@@H]1c1c(Cl)cccc1Cl. The minimum atomic E-state index is -1.48. The Morgan fingerprint density at radius 1 is 1.19 bits per heavy atom. The standard InChI is InChI=1S/C18H15Cl2FN2O3/c1-26-17(25)18(14(16(22)24)9-5-7-10(21)8-6-9)15(23-18)13-11(19)3-2-4-12(13)20/h2-8,14-15,23H,1H3,(H2,22,24)/t14-,15+,18+/m0/s1. The van der Waals surface area contributed by atoms with Gasteiger partial charge in [0.25, 0.3) is 0 Å². The second-order valence-corrected chi connectivity index (χ2v) is 6.77. The number of nitrogens with two attached hydrogens (primary N) is 1. The first kappa shape index (κ1) is 18.6. The Morgan fingerprint density at radius 2 is 1.77 bits per heavy atom. The molecule has 26 heavy (non-hydrogen) atoms. The number of methoxy groups -OCH3 is 1. The second kappa shape index (κ2) is 6.87. The van der Waals surface area contributed by atoms with Crippen molar-refractivity contribution in [3.05, 3.63) is 69.5 Å². The summed E-state index contributed by atoms with van der Waals surface area (Å²) in [5.41, 5.74) is 4.96. The first-order valence-electron chi connectivity index (χ1n) is 7.67. The number of hydrogen-bond donors (Lipinski definition) is 2. The van der Waals surface area contributed by atoms with E-state index in [1.807, 2.05) is 0 Å². The van der Waals surface area contributed by atoms with E-state index in [2.05, 4.69) is 5.32 Å². The van der Waals surface area contributed by atoms with Gasteiger partial charge in [0.1, 0.15) is 5.82 Å². The van der Waals surface area contributed by atoms with Gasteiger partial charge in [-0.05, 0) is 29.8 Å². The molecule has 1 aliphatic rings. The van der Waals surface area contributed by atoms with Crippen molar-refractivity contribution in [1.82, 2.24) is 5.32 Å². The lowest BCUT2D eigenvalue weighted by molar-refractivity contribution is -0.146. The molecule has 5 nitrogen and oxygen atoms in total. The average Bonchev–Trinajstić information content (AvgIpc) is 3.31. The van der Waals surface area contributed by atoms with Crippen LogP contribution in [0.5, 0.6) is 0 Å². The van der Waals surface area contributed by atoms with Crippen LogP contribution in [-0.2, 0) is 14.3 Å². The lowest BCUT2D eigenvalue weighted by Crippen LogP contribution is -2.43. The molecule has 0 aliphatic carbocycles. The first-order valence-corrected chi connectivity index (χ1v) is 8.43. The molecule has 136 valence electrons. The van der Waals surface area contributed by atoms with Gasteiger partial charge < -0.3 is 10.5 Å². The molecule has 0 saturated carbocycles. The molecule has 8 heteroatoms. The van der Waals surface area contributed by atoms with E-state index < -0.39 is 35.2 Å². The molecule has 3 atom stereocenters. The molecule has 1 aliphatic heterocycles. The van der Waals surface area contributed by atoms with Crippen molar-refractivity contribution in [3.8, 4) is 0 Å². The van der Waals surface area contributed by atoms with Crippen molar-refractivity contribution in [2.45, 2.75) is 17.5 Å². The Labute approximate surface area is 159 Å². The quantitative estimate of drug-likeness (QED) is 0.600. The Balaban J connectivity index is 2.13. The Bertz CT molecular complexity index is 855. The molecule has 1 fully saturated rings. The van der Waals surface area contributed by atoms with Crippen LogP contribution in [0.3, 0.4) is 0 Å². The highest BCUT2D eigenvalue weighted by atomic mass is 35.5. The van der Waals surface area contributed by atoms with E-state index in [-0.39, 0.29) is 0 Å². The fourth-order valence-electron chi connectivity index (χ4n) is 3.30. The van der Waals surface area contributed by atoms with Gasteiger partial charge in [0, 0.05) is 15.6 Å². The van der Waals surface area contributed by atoms with Gasteiger partial charge in [0.15, 0.2) is 5.54 Å². The molecule has 0 bridgehead atoms. The van der Waals surface area contributed by atoms with E-state index in [1.165, 1.54) is 31.4 Å². The van der Waals surface area contributed by atoms with Crippen molar-refractivity contribution in [2.24, 2.45) is 5.73 Å². The number of nitrogens with one attached hydrogen (secondary N) is 1. The summed E-state index contributed by atoms with van der Waals surface area (Å²) >= 11 is 12.5. The van der Waals surface area contributed by atoms with Crippen LogP contribution in [0.1, 0.15) is 23.1 Å². The molecular formula is C18H15Cl2FN2O3. The Morgan fingerprint density at radius 3 is 2.27 bits per heavy atom. The summed E-state index contributed by atoms with van der Waals surface area (Å²) < 4.78 is 18.2. The van der Waals surface area contributed by atoms with E-state index in [0.717, 1.165) is 0 Å². The molecule has 0 aromatic heterocycles. The zero-order chi connectivity index (χ0) is 19.1. The normalized spacial score (nSPS) is 22.5. The Kier molecular flexibility index (Phi) is 4.92. The number of halogens is 3. The van der Waals surface area contributed by atoms with Crippen LogP contribution < -0.4 is 11.1 Å². The molecule has 1 heterocycles. The number of carbonyl (C=O) groups excluding carboxylic acids is 2. The van der Waals surface area contributed by atoms with Crippen molar-refractivity contribution >= 4 is 35.1 Å². The van der Waals surface area contributed by atoms with Crippen LogP contribution in [0, 0.1) is 5.82 Å². The number of ether oxygens (including phenoxy) is 1. The van der Waals surface area contributed by atoms with E-state index in [0.29, 0.717) is 21.2 Å². The van der Waals surface area contributed by atoms with E-state index >= 15 is 0 Å². The van der Waals surface area contributed by atoms with E-state index in [1.54, 1.807) is 18.2 Å². The van der Waals surface area contributed by atoms with Gasteiger partial charge in [-0.3, -0.25) is 10.1 Å². The van der Waals surface area contributed by atoms with Crippen molar-refractivity contribution in [3.63, 3.8) is 0 Å². The summed E-state index contributed by atoms with van der Waals surface area (Å²) in [6, 6.07) is 9.43. The zero-order valence-electron chi connectivity index (χ0n) is 13.6. The lowest BCUT2D eigenvalue weighted by Gasteiger charge is -2.23. The number of carbonyl (C=O) groups is 2. The molecule has 1 saturated heterocycles. The number of hydrogen-bond acceptors (Lipinski definition) is 4. The number of primary amides is 1. The largest absolute Gasteiger partial charge is 0.468 e. The van der Waals surface area contributed by atoms with E-state index in [9.17, 15) is 14.0 Å². The van der Waals surface area contributed by atoms with E-state index in [4.69, 9.17) is 33.7 Å². The highest BCUT2D eigenvalue weighted by Crippen LogP contribution is 2.53. The third kappa shape index (κ3) is 2.94.